The molecule has 70 valence electrons. The highest BCUT2D eigenvalue weighted by molar-refractivity contribution is 5.85. The number of carboxylic acids is 2. The maximum absolute atomic E-state index is 10.5. The van der Waals surface area contributed by atoms with Crippen LogP contribution in [-0.2, 0) is 9.59 Å². The van der Waals surface area contributed by atoms with Gasteiger partial charge >= 0.3 is 11.9 Å². The van der Waals surface area contributed by atoms with Crippen LogP contribution in [0.5, 0.6) is 0 Å². The van der Waals surface area contributed by atoms with Gasteiger partial charge in [0.1, 0.15) is 12.1 Å². The molecule has 0 aliphatic heterocycles. The van der Waals surface area contributed by atoms with E-state index in [2.05, 4.69) is 10.6 Å². The van der Waals surface area contributed by atoms with Gasteiger partial charge in [-0.25, -0.2) is 0 Å². The second kappa shape index (κ2) is 4.68. The largest absolute Gasteiger partial charge is 0.480 e. The predicted molar refractivity (Wildman–Crippen MR) is 41.0 cm³/mol. The molecule has 0 aliphatic rings. The van der Waals surface area contributed by atoms with E-state index in [4.69, 9.17) is 10.2 Å². The Morgan fingerprint density at radius 3 is 1.33 bits per heavy atom. The van der Waals surface area contributed by atoms with Crippen LogP contribution in [0.15, 0.2) is 0 Å². The number of hydrogen-bond acceptors (Lipinski definition) is 4. The predicted octanol–water partition coefficient (Wildman–Crippen LogP) is -1.67. The molecule has 0 aromatic heterocycles. The summed E-state index contributed by atoms with van der Waals surface area (Å²) in [4.78, 5) is 20.9. The van der Waals surface area contributed by atoms with Gasteiger partial charge in [-0.05, 0) is 14.1 Å². The monoisotopic (exact) mass is 176 g/mol. The van der Waals surface area contributed by atoms with E-state index in [9.17, 15) is 9.59 Å². The summed E-state index contributed by atoms with van der Waals surface area (Å²) < 4.78 is 0. The lowest BCUT2D eigenvalue weighted by Crippen LogP contribution is -2.54. The van der Waals surface area contributed by atoms with E-state index < -0.39 is 24.0 Å². The molecule has 0 spiro atoms. The zero-order chi connectivity index (χ0) is 9.72. The molecule has 0 saturated heterocycles. The minimum atomic E-state index is -1.20. The summed E-state index contributed by atoms with van der Waals surface area (Å²) >= 11 is 0. The summed E-state index contributed by atoms with van der Waals surface area (Å²) in [6.45, 7) is 0. The highest BCUT2D eigenvalue weighted by Crippen LogP contribution is 1.93. The molecule has 0 saturated carbocycles. The number of rotatable bonds is 5. The summed E-state index contributed by atoms with van der Waals surface area (Å²) in [6.07, 6.45) is 0. The average Bonchev–Trinajstić information content (AvgIpc) is 1.98. The number of carboxylic acid groups (broad SMARTS) is 2. The van der Waals surface area contributed by atoms with Gasteiger partial charge in [0.2, 0.25) is 0 Å². The third-order valence-electron chi connectivity index (χ3n) is 1.49. The summed E-state index contributed by atoms with van der Waals surface area (Å²) in [7, 11) is 2.79. The molecule has 0 heterocycles. The van der Waals surface area contributed by atoms with E-state index in [0.717, 1.165) is 0 Å². The standard InChI is InChI=1S/C6H12N2O4/c1-7-3(5(9)10)4(8-2)6(11)12/h3-4,7-8H,1-2H3,(H,9,10)(H,11,12). The molecule has 0 aliphatic carbocycles. The van der Waals surface area contributed by atoms with Crippen molar-refractivity contribution in [3.05, 3.63) is 0 Å². The van der Waals surface area contributed by atoms with Crippen LogP contribution >= 0.6 is 0 Å². The molecular weight excluding hydrogens is 164 g/mol. The van der Waals surface area contributed by atoms with Gasteiger partial charge in [0.15, 0.2) is 0 Å². The number of likely N-dealkylation sites (N-methyl/N-ethyl adjacent to an activating group) is 2. The minimum absolute atomic E-state index is 1.12. The van der Waals surface area contributed by atoms with E-state index in [1.54, 1.807) is 0 Å². The van der Waals surface area contributed by atoms with Gasteiger partial charge in [-0.1, -0.05) is 0 Å². The molecule has 6 heteroatoms. The van der Waals surface area contributed by atoms with Crippen molar-refractivity contribution in [2.75, 3.05) is 14.1 Å². The second-order valence-corrected chi connectivity index (χ2v) is 2.21. The first-order valence-electron chi connectivity index (χ1n) is 3.34. The van der Waals surface area contributed by atoms with Crippen LogP contribution in [0.1, 0.15) is 0 Å². The molecule has 4 N–H and O–H groups in total. The molecule has 0 amide bonds. The van der Waals surface area contributed by atoms with Gasteiger partial charge in [0.05, 0.1) is 0 Å². The van der Waals surface area contributed by atoms with Crippen LogP contribution in [-0.4, -0.2) is 48.3 Å². The Kier molecular flexibility index (Phi) is 4.24. The highest BCUT2D eigenvalue weighted by Gasteiger charge is 2.30. The van der Waals surface area contributed by atoms with Crippen molar-refractivity contribution >= 4 is 11.9 Å². The SMILES string of the molecule is CNC(C(=O)O)C(NC)C(=O)O. The highest BCUT2D eigenvalue weighted by atomic mass is 16.4. The van der Waals surface area contributed by atoms with Gasteiger partial charge in [0, 0.05) is 0 Å². The van der Waals surface area contributed by atoms with Crippen molar-refractivity contribution < 1.29 is 19.8 Å². The number of nitrogens with one attached hydrogen (secondary N) is 2. The van der Waals surface area contributed by atoms with Crippen LogP contribution in [0, 0.1) is 0 Å². The zero-order valence-corrected chi connectivity index (χ0v) is 6.87. The minimum Gasteiger partial charge on any atom is -0.480 e. The normalized spacial score (nSPS) is 15.2. The molecule has 12 heavy (non-hydrogen) atoms. The molecule has 2 atom stereocenters. The maximum Gasteiger partial charge on any atom is 0.322 e. The van der Waals surface area contributed by atoms with E-state index >= 15 is 0 Å². The van der Waals surface area contributed by atoms with Gasteiger partial charge in [-0.3, -0.25) is 9.59 Å². The number of carbonyl (C=O) groups is 2. The first kappa shape index (κ1) is 10.9. The summed E-state index contributed by atoms with van der Waals surface area (Å²) in [5.74, 6) is -2.39. The fourth-order valence-corrected chi connectivity index (χ4v) is 0.865. The van der Waals surface area contributed by atoms with Crippen molar-refractivity contribution in [3.63, 3.8) is 0 Å². The molecule has 0 aromatic rings. The first-order chi connectivity index (χ1) is 5.54. The van der Waals surface area contributed by atoms with Gasteiger partial charge < -0.3 is 20.8 Å². The summed E-state index contributed by atoms with van der Waals surface area (Å²) in [5.41, 5.74) is 0. The zero-order valence-electron chi connectivity index (χ0n) is 6.87. The lowest BCUT2D eigenvalue weighted by Gasteiger charge is -2.18. The first-order valence-corrected chi connectivity index (χ1v) is 3.34. The maximum atomic E-state index is 10.5. The third kappa shape index (κ3) is 2.48. The average molecular weight is 176 g/mol. The Hall–Kier alpha value is -1.14. The van der Waals surface area contributed by atoms with Gasteiger partial charge in [-0.15, -0.1) is 0 Å². The lowest BCUT2D eigenvalue weighted by atomic mass is 10.1. The molecule has 0 bridgehead atoms. The summed E-state index contributed by atoms with van der Waals surface area (Å²) in [6, 6.07) is -2.24. The molecule has 0 rings (SSSR count). The van der Waals surface area contributed by atoms with Crippen LogP contribution in [0.4, 0.5) is 0 Å². The van der Waals surface area contributed by atoms with Gasteiger partial charge in [0.25, 0.3) is 0 Å². The van der Waals surface area contributed by atoms with E-state index in [0.29, 0.717) is 0 Å². The fourth-order valence-electron chi connectivity index (χ4n) is 0.865. The van der Waals surface area contributed by atoms with Gasteiger partial charge in [-0.2, -0.15) is 0 Å². The molecule has 6 nitrogen and oxygen atoms in total. The van der Waals surface area contributed by atoms with Crippen LogP contribution in [0.25, 0.3) is 0 Å². The smallest absolute Gasteiger partial charge is 0.322 e. The topological polar surface area (TPSA) is 98.7 Å². The second-order valence-electron chi connectivity index (χ2n) is 2.21. The lowest BCUT2D eigenvalue weighted by molar-refractivity contribution is -0.148. The molecular formula is C6H12N2O4. The molecule has 2 unspecified atom stereocenters. The molecule has 0 aromatic carbocycles. The number of hydrogen-bond donors (Lipinski definition) is 4. The van der Waals surface area contributed by atoms with E-state index in [-0.39, 0.29) is 0 Å². The number of aliphatic carboxylic acids is 2. The van der Waals surface area contributed by atoms with Crippen LogP contribution in [0.2, 0.25) is 0 Å². The van der Waals surface area contributed by atoms with Crippen molar-refractivity contribution in [1.82, 2.24) is 10.6 Å². The molecule has 0 radical (unpaired) electrons. The molecule has 0 fully saturated rings. The summed E-state index contributed by atoms with van der Waals surface area (Å²) in [5, 5.41) is 21.9. The van der Waals surface area contributed by atoms with Crippen molar-refractivity contribution in [2.45, 2.75) is 12.1 Å². The van der Waals surface area contributed by atoms with E-state index in [1.165, 1.54) is 14.1 Å². The Morgan fingerprint density at radius 1 is 1.00 bits per heavy atom. The Labute approximate surface area is 69.6 Å². The quantitative estimate of drug-likeness (QED) is 0.400. The van der Waals surface area contributed by atoms with Crippen LogP contribution in [0.3, 0.4) is 0 Å². The Balaban J connectivity index is 4.44. The van der Waals surface area contributed by atoms with E-state index in [1.807, 2.05) is 0 Å². The van der Waals surface area contributed by atoms with Crippen LogP contribution < -0.4 is 10.6 Å². The van der Waals surface area contributed by atoms with Crippen molar-refractivity contribution in [1.29, 1.82) is 0 Å². The Bertz CT molecular complexity index is 162. The van der Waals surface area contributed by atoms with Crippen molar-refractivity contribution in [3.8, 4) is 0 Å². The third-order valence-corrected chi connectivity index (χ3v) is 1.49. The Morgan fingerprint density at radius 2 is 1.25 bits per heavy atom. The fraction of sp³-hybridized carbons (Fsp3) is 0.667. The van der Waals surface area contributed by atoms with Crippen molar-refractivity contribution in [2.24, 2.45) is 0 Å².